The number of hydrogen-bond donors (Lipinski definition) is 3. The number of anilines is 5. The number of fused-ring (bicyclic) bond motifs is 1. The zero-order chi connectivity index (χ0) is 24.0. The molecule has 0 aliphatic carbocycles. The minimum absolute atomic E-state index is 0.271. The number of para-hydroxylation sites is 1. The van der Waals surface area contributed by atoms with Gasteiger partial charge in [0, 0.05) is 28.6 Å². The molecule has 0 bridgehead atoms. The van der Waals surface area contributed by atoms with Gasteiger partial charge in [0.05, 0.1) is 22.8 Å². The van der Waals surface area contributed by atoms with Crippen LogP contribution >= 0.6 is 0 Å². The smallest absolute Gasteiger partial charge is 0.274 e. The Bertz CT molecular complexity index is 1560. The van der Waals surface area contributed by atoms with E-state index >= 15 is 0 Å². The van der Waals surface area contributed by atoms with Crippen molar-refractivity contribution in [2.45, 2.75) is 0 Å². The lowest BCUT2D eigenvalue weighted by atomic mass is 10.1. The molecule has 2 aromatic heterocycles. The van der Waals surface area contributed by atoms with E-state index in [9.17, 15) is 10.1 Å². The molecule has 0 saturated carbocycles. The number of carbonyl (C=O) groups is 1. The lowest BCUT2D eigenvalue weighted by molar-refractivity contribution is 0.102. The maximum absolute atomic E-state index is 12.9. The number of nitriles is 1. The fourth-order valence-electron chi connectivity index (χ4n) is 3.65. The Balaban J connectivity index is 1.33. The van der Waals surface area contributed by atoms with Gasteiger partial charge in [-0.3, -0.25) is 9.78 Å². The summed E-state index contributed by atoms with van der Waals surface area (Å²) in [4.78, 5) is 21.7. The number of nitrogens with one attached hydrogen (secondary N) is 3. The fraction of sp³-hybridized carbons (Fsp3) is 0. The van der Waals surface area contributed by atoms with E-state index in [1.54, 1.807) is 42.6 Å². The molecule has 0 unspecified atom stereocenters. The van der Waals surface area contributed by atoms with Crippen molar-refractivity contribution < 1.29 is 4.79 Å². The molecule has 168 valence electrons. The maximum Gasteiger partial charge on any atom is 0.274 e. The van der Waals surface area contributed by atoms with E-state index in [0.29, 0.717) is 17.1 Å². The normalized spacial score (nSPS) is 10.4. The number of aromatic nitrogens is 2. The van der Waals surface area contributed by atoms with Crippen molar-refractivity contribution in [1.29, 1.82) is 5.26 Å². The summed E-state index contributed by atoms with van der Waals surface area (Å²) in [5, 5.41) is 19.5. The van der Waals surface area contributed by atoms with Crippen LogP contribution in [0.4, 0.5) is 28.6 Å². The van der Waals surface area contributed by atoms with Crippen LogP contribution < -0.4 is 16.0 Å². The van der Waals surface area contributed by atoms with E-state index in [1.165, 1.54) is 0 Å². The number of carbonyl (C=O) groups excluding carboxylic acids is 1. The first-order valence-electron chi connectivity index (χ1n) is 10.9. The minimum atomic E-state index is -0.322. The molecule has 1 amide bonds. The van der Waals surface area contributed by atoms with Crippen LogP contribution in [0.5, 0.6) is 0 Å². The second kappa shape index (κ2) is 9.73. The Labute approximate surface area is 202 Å². The van der Waals surface area contributed by atoms with Crippen LogP contribution in [0, 0.1) is 11.3 Å². The number of pyridine rings is 2. The summed E-state index contributed by atoms with van der Waals surface area (Å²) in [7, 11) is 0. The molecule has 35 heavy (non-hydrogen) atoms. The van der Waals surface area contributed by atoms with Crippen molar-refractivity contribution in [3.8, 4) is 6.07 Å². The van der Waals surface area contributed by atoms with Gasteiger partial charge in [-0.1, -0.05) is 30.3 Å². The SMILES string of the molecule is N#Cc1ccc2nccc(Nc3cccc(C(=O)Nc4cccc(Nc5ccccc5)c4)n3)c2c1. The van der Waals surface area contributed by atoms with E-state index in [2.05, 4.69) is 32.0 Å². The quantitative estimate of drug-likeness (QED) is 0.279. The van der Waals surface area contributed by atoms with Crippen LogP contribution in [0.2, 0.25) is 0 Å². The zero-order valence-corrected chi connectivity index (χ0v) is 18.6. The van der Waals surface area contributed by atoms with Crippen molar-refractivity contribution in [2.75, 3.05) is 16.0 Å². The molecule has 0 radical (unpaired) electrons. The average molecular weight is 457 g/mol. The van der Waals surface area contributed by atoms with Crippen LogP contribution in [-0.2, 0) is 0 Å². The van der Waals surface area contributed by atoms with Gasteiger partial charge in [0.1, 0.15) is 11.5 Å². The lowest BCUT2D eigenvalue weighted by Crippen LogP contribution is -2.14. The predicted octanol–water partition coefficient (Wildman–Crippen LogP) is 6.24. The summed E-state index contributed by atoms with van der Waals surface area (Å²) in [5.74, 6) is 0.184. The molecule has 0 aliphatic heterocycles. The first-order valence-corrected chi connectivity index (χ1v) is 10.9. The molecule has 0 aliphatic rings. The maximum atomic E-state index is 12.9. The number of benzene rings is 3. The average Bonchev–Trinajstić information content (AvgIpc) is 2.89. The van der Waals surface area contributed by atoms with Crippen LogP contribution in [0.1, 0.15) is 16.1 Å². The molecule has 7 nitrogen and oxygen atoms in total. The van der Waals surface area contributed by atoms with Crippen LogP contribution in [0.3, 0.4) is 0 Å². The summed E-state index contributed by atoms with van der Waals surface area (Å²) >= 11 is 0. The number of amides is 1. The number of rotatable bonds is 6. The highest BCUT2D eigenvalue weighted by Gasteiger charge is 2.11. The van der Waals surface area contributed by atoms with Crippen molar-refractivity contribution in [3.05, 3.63) is 115 Å². The van der Waals surface area contributed by atoms with Gasteiger partial charge in [-0.15, -0.1) is 0 Å². The van der Waals surface area contributed by atoms with E-state index in [-0.39, 0.29) is 11.6 Å². The van der Waals surface area contributed by atoms with Gasteiger partial charge in [-0.25, -0.2) is 4.98 Å². The topological polar surface area (TPSA) is 103 Å². The Kier molecular flexibility index (Phi) is 6.01. The van der Waals surface area contributed by atoms with Crippen molar-refractivity contribution >= 4 is 45.4 Å². The first-order chi connectivity index (χ1) is 17.2. The van der Waals surface area contributed by atoms with Gasteiger partial charge in [0.15, 0.2) is 0 Å². The molecule has 5 rings (SSSR count). The monoisotopic (exact) mass is 456 g/mol. The Morgan fingerprint density at radius 1 is 0.771 bits per heavy atom. The lowest BCUT2D eigenvalue weighted by Gasteiger charge is -2.11. The van der Waals surface area contributed by atoms with Crippen LogP contribution in [0.15, 0.2) is 103 Å². The van der Waals surface area contributed by atoms with Gasteiger partial charge < -0.3 is 16.0 Å². The summed E-state index contributed by atoms with van der Waals surface area (Å²) in [5.41, 5.74) is 4.79. The largest absolute Gasteiger partial charge is 0.355 e. The predicted molar refractivity (Wildman–Crippen MR) is 138 cm³/mol. The van der Waals surface area contributed by atoms with E-state index in [1.807, 2.05) is 60.7 Å². The van der Waals surface area contributed by atoms with E-state index in [4.69, 9.17) is 0 Å². The molecule has 0 atom stereocenters. The van der Waals surface area contributed by atoms with Crippen LogP contribution in [0.25, 0.3) is 10.9 Å². The van der Waals surface area contributed by atoms with E-state index < -0.39 is 0 Å². The highest BCUT2D eigenvalue weighted by Crippen LogP contribution is 2.26. The molecular weight excluding hydrogens is 436 g/mol. The molecule has 0 saturated heterocycles. The third-order valence-electron chi connectivity index (χ3n) is 5.30. The molecule has 3 N–H and O–H groups in total. The van der Waals surface area contributed by atoms with Crippen molar-refractivity contribution in [2.24, 2.45) is 0 Å². The zero-order valence-electron chi connectivity index (χ0n) is 18.6. The van der Waals surface area contributed by atoms with Gasteiger partial charge in [0.2, 0.25) is 0 Å². The second-order valence-electron chi connectivity index (χ2n) is 7.76. The molecule has 2 heterocycles. The van der Waals surface area contributed by atoms with Crippen LogP contribution in [-0.4, -0.2) is 15.9 Å². The standard InChI is InChI=1S/C28H20N6O/c29-18-19-12-13-24-23(16-19)25(14-15-30-24)33-27-11-5-10-26(34-27)28(35)32-22-9-4-8-21(17-22)31-20-6-2-1-3-7-20/h1-17,31H,(H,32,35)(H,30,33,34). The molecule has 5 aromatic rings. The molecule has 0 fully saturated rings. The summed E-state index contributed by atoms with van der Waals surface area (Å²) < 4.78 is 0. The summed E-state index contributed by atoms with van der Waals surface area (Å²) in [6.45, 7) is 0. The fourth-order valence-corrected chi connectivity index (χ4v) is 3.65. The third kappa shape index (κ3) is 5.07. The third-order valence-corrected chi connectivity index (χ3v) is 5.30. The highest BCUT2D eigenvalue weighted by molar-refractivity contribution is 6.03. The summed E-state index contributed by atoms with van der Waals surface area (Å²) in [6, 6.07) is 31.8. The molecule has 7 heteroatoms. The molecular formula is C28H20N6O. The van der Waals surface area contributed by atoms with E-state index in [0.717, 1.165) is 28.0 Å². The Morgan fingerprint density at radius 2 is 1.57 bits per heavy atom. The van der Waals surface area contributed by atoms with Gasteiger partial charge >= 0.3 is 0 Å². The molecule has 0 spiro atoms. The minimum Gasteiger partial charge on any atom is -0.355 e. The first kappa shape index (κ1) is 21.6. The van der Waals surface area contributed by atoms with Gasteiger partial charge in [-0.05, 0) is 66.7 Å². The summed E-state index contributed by atoms with van der Waals surface area (Å²) in [6.07, 6.45) is 1.68. The Hall–Kier alpha value is -5.22. The number of hydrogen-bond acceptors (Lipinski definition) is 6. The highest BCUT2D eigenvalue weighted by atomic mass is 16.1. The van der Waals surface area contributed by atoms with Gasteiger partial charge in [-0.2, -0.15) is 5.26 Å². The van der Waals surface area contributed by atoms with Crippen molar-refractivity contribution in [3.63, 3.8) is 0 Å². The second-order valence-corrected chi connectivity index (χ2v) is 7.76. The van der Waals surface area contributed by atoms with Gasteiger partial charge in [0.25, 0.3) is 5.91 Å². The Morgan fingerprint density at radius 3 is 2.43 bits per heavy atom. The van der Waals surface area contributed by atoms with Crippen molar-refractivity contribution in [1.82, 2.24) is 9.97 Å². The number of nitrogens with zero attached hydrogens (tertiary/aromatic N) is 3. The molecule has 3 aromatic carbocycles.